The Bertz CT molecular complexity index is 580. The van der Waals surface area contributed by atoms with Crippen LogP contribution < -0.4 is 10.1 Å². The van der Waals surface area contributed by atoms with Gasteiger partial charge in [0.25, 0.3) is 5.91 Å². The molecule has 0 saturated carbocycles. The number of rotatable bonds is 10. The lowest BCUT2D eigenvalue weighted by Crippen LogP contribution is -2.42. The fourth-order valence-electron chi connectivity index (χ4n) is 2.52. The van der Waals surface area contributed by atoms with Gasteiger partial charge in [0, 0.05) is 12.3 Å². The summed E-state index contributed by atoms with van der Waals surface area (Å²) in [4.78, 5) is 12.7. The van der Waals surface area contributed by atoms with E-state index in [9.17, 15) is 10.1 Å². The van der Waals surface area contributed by atoms with Gasteiger partial charge in [-0.1, -0.05) is 26.2 Å². The number of nitrogens with one attached hydrogen (secondary N) is 1. The summed E-state index contributed by atoms with van der Waals surface area (Å²) in [6.07, 6.45) is 3.77. The first-order chi connectivity index (χ1) is 11.5. The van der Waals surface area contributed by atoms with Gasteiger partial charge in [0.2, 0.25) is 0 Å². The second-order valence-corrected chi connectivity index (χ2v) is 5.83. The fraction of sp³-hybridized carbons (Fsp3) is 0.579. The lowest BCUT2D eigenvalue weighted by atomic mass is 9.96. The number of amides is 1. The molecule has 5 nitrogen and oxygen atoms in total. The summed E-state index contributed by atoms with van der Waals surface area (Å²) in [6, 6.07) is 7.16. The predicted molar refractivity (Wildman–Crippen MR) is 95.1 cm³/mol. The van der Waals surface area contributed by atoms with Gasteiger partial charge in [0.1, 0.15) is 17.4 Å². The van der Waals surface area contributed by atoms with Gasteiger partial charge in [0.05, 0.1) is 12.2 Å². The molecule has 0 heterocycles. The van der Waals surface area contributed by atoms with Crippen LogP contribution in [0.4, 0.5) is 5.69 Å². The Labute approximate surface area is 145 Å². The molecule has 0 aliphatic rings. The van der Waals surface area contributed by atoms with E-state index in [1.807, 2.05) is 20.8 Å². The van der Waals surface area contributed by atoms with E-state index in [0.717, 1.165) is 19.3 Å². The summed E-state index contributed by atoms with van der Waals surface area (Å²) >= 11 is 0. The van der Waals surface area contributed by atoms with Gasteiger partial charge >= 0.3 is 0 Å². The van der Waals surface area contributed by atoms with E-state index < -0.39 is 5.60 Å². The smallest absolute Gasteiger partial charge is 0.256 e. The summed E-state index contributed by atoms with van der Waals surface area (Å²) < 4.78 is 11.1. The van der Waals surface area contributed by atoms with Crippen molar-refractivity contribution in [2.24, 2.45) is 0 Å². The molecular formula is C19H28N2O3. The summed E-state index contributed by atoms with van der Waals surface area (Å²) in [6.45, 7) is 8.66. The molecule has 1 amide bonds. The molecule has 0 spiro atoms. The van der Waals surface area contributed by atoms with Crippen molar-refractivity contribution >= 4 is 11.6 Å². The average Bonchev–Trinajstić information content (AvgIpc) is 2.56. The van der Waals surface area contributed by atoms with Crippen LogP contribution in [-0.4, -0.2) is 24.7 Å². The third kappa shape index (κ3) is 5.54. The maximum absolute atomic E-state index is 12.7. The third-order valence-electron chi connectivity index (χ3n) is 3.86. The molecule has 1 aromatic rings. The number of nitrogens with zero attached hydrogens (tertiary/aromatic N) is 1. The first-order valence-electron chi connectivity index (χ1n) is 8.63. The van der Waals surface area contributed by atoms with Crippen molar-refractivity contribution in [1.29, 1.82) is 5.26 Å². The maximum atomic E-state index is 12.7. The Morgan fingerprint density at radius 2 is 2.00 bits per heavy atom. The number of hydrogen-bond acceptors (Lipinski definition) is 4. The molecule has 0 aliphatic heterocycles. The molecule has 1 aromatic carbocycles. The molecule has 132 valence electrons. The van der Waals surface area contributed by atoms with Crippen molar-refractivity contribution in [3.8, 4) is 11.8 Å². The molecule has 0 bridgehead atoms. The van der Waals surface area contributed by atoms with Gasteiger partial charge in [-0.3, -0.25) is 4.79 Å². The van der Waals surface area contributed by atoms with Gasteiger partial charge in [-0.25, -0.2) is 0 Å². The molecule has 5 heteroatoms. The van der Waals surface area contributed by atoms with Crippen LogP contribution in [0.5, 0.6) is 5.75 Å². The van der Waals surface area contributed by atoms with E-state index in [0.29, 0.717) is 36.6 Å². The maximum Gasteiger partial charge on any atom is 0.256 e. The lowest BCUT2D eigenvalue weighted by Gasteiger charge is -2.28. The van der Waals surface area contributed by atoms with Crippen LogP contribution in [0, 0.1) is 11.3 Å². The van der Waals surface area contributed by atoms with Crippen molar-refractivity contribution in [3.05, 3.63) is 23.8 Å². The largest absolute Gasteiger partial charge is 0.492 e. The van der Waals surface area contributed by atoms with E-state index in [4.69, 9.17) is 9.47 Å². The molecule has 1 atom stereocenters. The van der Waals surface area contributed by atoms with Gasteiger partial charge < -0.3 is 14.8 Å². The van der Waals surface area contributed by atoms with E-state index in [1.54, 1.807) is 18.2 Å². The van der Waals surface area contributed by atoms with Crippen molar-refractivity contribution < 1.29 is 14.3 Å². The number of unbranched alkanes of at least 4 members (excludes halogenated alkanes) is 2. The highest BCUT2D eigenvalue weighted by atomic mass is 16.5. The first-order valence-corrected chi connectivity index (χ1v) is 8.63. The van der Waals surface area contributed by atoms with Crippen LogP contribution in [0.2, 0.25) is 0 Å². The molecule has 0 fully saturated rings. The van der Waals surface area contributed by atoms with E-state index >= 15 is 0 Å². The number of hydrogen-bond donors (Lipinski definition) is 1. The van der Waals surface area contributed by atoms with Crippen molar-refractivity contribution in [2.45, 2.75) is 59.0 Å². The number of nitriles is 1. The number of ether oxygens (including phenoxy) is 2. The standard InChI is InChI=1S/C19H28N2O3/c1-5-8-9-12-19(4,24-7-3)18(22)21-16-10-11-17(23-6-2)15(13-16)14-20/h10-11,13H,5-9,12H2,1-4H3,(H,21,22)/t19-/m1/s1. The summed E-state index contributed by atoms with van der Waals surface area (Å²) in [5.74, 6) is 0.335. The van der Waals surface area contributed by atoms with E-state index in [2.05, 4.69) is 18.3 Å². The molecule has 0 aliphatic carbocycles. The minimum Gasteiger partial charge on any atom is -0.492 e. The Kier molecular flexibility index (Phi) is 8.28. The predicted octanol–water partition coefficient (Wildman–Crippen LogP) is 4.27. The quantitative estimate of drug-likeness (QED) is 0.649. The molecule has 0 aromatic heterocycles. The molecule has 0 radical (unpaired) electrons. The first kappa shape index (κ1) is 20.0. The van der Waals surface area contributed by atoms with Crippen LogP contribution in [0.15, 0.2) is 18.2 Å². The lowest BCUT2D eigenvalue weighted by molar-refractivity contribution is -0.139. The Hall–Kier alpha value is -2.06. The highest BCUT2D eigenvalue weighted by Gasteiger charge is 2.33. The monoisotopic (exact) mass is 332 g/mol. The normalized spacial score (nSPS) is 13.0. The number of benzene rings is 1. The van der Waals surface area contributed by atoms with Crippen LogP contribution in [0.1, 0.15) is 58.9 Å². The topological polar surface area (TPSA) is 71.3 Å². The fourth-order valence-corrected chi connectivity index (χ4v) is 2.52. The zero-order chi connectivity index (χ0) is 18.0. The Morgan fingerprint density at radius 1 is 1.25 bits per heavy atom. The van der Waals surface area contributed by atoms with Crippen LogP contribution in [0.25, 0.3) is 0 Å². The Morgan fingerprint density at radius 3 is 2.58 bits per heavy atom. The molecule has 24 heavy (non-hydrogen) atoms. The highest BCUT2D eigenvalue weighted by molar-refractivity contribution is 5.97. The highest BCUT2D eigenvalue weighted by Crippen LogP contribution is 2.25. The van der Waals surface area contributed by atoms with Gasteiger partial charge in [-0.15, -0.1) is 0 Å². The second kappa shape index (κ2) is 9.94. The van der Waals surface area contributed by atoms with Gasteiger partial charge in [0.15, 0.2) is 0 Å². The zero-order valence-electron chi connectivity index (χ0n) is 15.1. The summed E-state index contributed by atoms with van der Waals surface area (Å²) in [7, 11) is 0. The molecule has 0 saturated heterocycles. The number of carbonyl (C=O) groups is 1. The van der Waals surface area contributed by atoms with Crippen molar-refractivity contribution in [1.82, 2.24) is 0 Å². The summed E-state index contributed by atoms with van der Waals surface area (Å²) in [5, 5.41) is 12.1. The SMILES string of the molecule is CCCCC[C@@](C)(OCC)C(=O)Nc1ccc(OCC)c(C#N)c1. The molecule has 0 unspecified atom stereocenters. The second-order valence-electron chi connectivity index (χ2n) is 5.83. The number of anilines is 1. The number of carbonyl (C=O) groups excluding carboxylic acids is 1. The zero-order valence-corrected chi connectivity index (χ0v) is 15.1. The van der Waals surface area contributed by atoms with E-state index in [-0.39, 0.29) is 5.91 Å². The minimum absolute atomic E-state index is 0.187. The van der Waals surface area contributed by atoms with Crippen LogP contribution in [-0.2, 0) is 9.53 Å². The van der Waals surface area contributed by atoms with Gasteiger partial charge in [-0.05, 0) is 45.4 Å². The Balaban J connectivity index is 2.88. The average molecular weight is 332 g/mol. The molecular weight excluding hydrogens is 304 g/mol. The van der Waals surface area contributed by atoms with Crippen LogP contribution >= 0.6 is 0 Å². The van der Waals surface area contributed by atoms with Crippen LogP contribution in [0.3, 0.4) is 0 Å². The van der Waals surface area contributed by atoms with Gasteiger partial charge in [-0.2, -0.15) is 5.26 Å². The third-order valence-corrected chi connectivity index (χ3v) is 3.86. The van der Waals surface area contributed by atoms with Crippen molar-refractivity contribution in [2.75, 3.05) is 18.5 Å². The minimum atomic E-state index is -0.866. The van der Waals surface area contributed by atoms with E-state index in [1.165, 1.54) is 0 Å². The molecule has 1 N–H and O–H groups in total. The molecule has 1 rings (SSSR count). The summed E-state index contributed by atoms with van der Waals surface area (Å²) in [5.41, 5.74) is 0.107. The van der Waals surface area contributed by atoms with Crippen molar-refractivity contribution in [3.63, 3.8) is 0 Å².